The summed E-state index contributed by atoms with van der Waals surface area (Å²) in [5, 5.41) is 4.06. The standard InChI is InChI=1S/C20H25N5O2/c1-14-7-10-25(20(26)23-12-15-4-3-11-27-15)13-18(14)24(2)17-6-9-22-19-16(17)5-8-21-19/h3-6,8-9,11,14,18H,7,10,12-13H2,1-2H3,(H,21,22)(H,23,26). The lowest BCUT2D eigenvalue weighted by atomic mass is 9.92. The van der Waals surface area contributed by atoms with Crippen LogP contribution < -0.4 is 10.2 Å². The van der Waals surface area contributed by atoms with Gasteiger partial charge in [-0.05, 0) is 36.6 Å². The molecule has 0 bridgehead atoms. The maximum Gasteiger partial charge on any atom is 0.317 e. The lowest BCUT2D eigenvalue weighted by Gasteiger charge is -2.42. The fraction of sp³-hybridized carbons (Fsp3) is 0.400. The van der Waals surface area contributed by atoms with Crippen molar-refractivity contribution in [1.82, 2.24) is 20.2 Å². The number of H-pyrrole nitrogens is 1. The smallest absolute Gasteiger partial charge is 0.317 e. The molecule has 3 aromatic rings. The van der Waals surface area contributed by atoms with Crippen LogP contribution in [0.1, 0.15) is 19.1 Å². The summed E-state index contributed by atoms with van der Waals surface area (Å²) in [6.45, 7) is 4.13. The number of rotatable bonds is 4. The number of amides is 2. The maximum absolute atomic E-state index is 12.6. The predicted octanol–water partition coefficient (Wildman–Crippen LogP) is 3.21. The fourth-order valence-electron chi connectivity index (χ4n) is 3.86. The highest BCUT2D eigenvalue weighted by Crippen LogP contribution is 2.30. The zero-order chi connectivity index (χ0) is 18.8. The zero-order valence-corrected chi connectivity index (χ0v) is 15.7. The number of aromatic nitrogens is 2. The molecular formula is C20H25N5O2. The number of nitrogens with one attached hydrogen (secondary N) is 2. The zero-order valence-electron chi connectivity index (χ0n) is 15.7. The molecule has 7 nitrogen and oxygen atoms in total. The van der Waals surface area contributed by atoms with E-state index in [1.54, 1.807) is 6.26 Å². The summed E-state index contributed by atoms with van der Waals surface area (Å²) in [4.78, 5) is 24.3. The van der Waals surface area contributed by atoms with Gasteiger partial charge in [0.25, 0.3) is 0 Å². The molecule has 27 heavy (non-hydrogen) atoms. The van der Waals surface area contributed by atoms with Crippen LogP contribution in [-0.2, 0) is 6.54 Å². The average Bonchev–Trinajstić information content (AvgIpc) is 3.37. The molecule has 1 aliphatic rings. The van der Waals surface area contributed by atoms with Gasteiger partial charge in [-0.3, -0.25) is 0 Å². The Kier molecular flexibility index (Phi) is 4.75. The van der Waals surface area contributed by atoms with E-state index >= 15 is 0 Å². The Morgan fingerprint density at radius 1 is 1.44 bits per heavy atom. The molecule has 142 valence electrons. The first kappa shape index (κ1) is 17.5. The third-order valence-corrected chi connectivity index (χ3v) is 5.51. The van der Waals surface area contributed by atoms with Gasteiger partial charge in [-0.25, -0.2) is 9.78 Å². The van der Waals surface area contributed by atoms with E-state index in [0.29, 0.717) is 19.0 Å². The Labute approximate surface area is 158 Å². The van der Waals surface area contributed by atoms with Crippen LogP contribution in [0.3, 0.4) is 0 Å². The van der Waals surface area contributed by atoms with E-state index in [0.717, 1.165) is 35.4 Å². The second-order valence-electron chi connectivity index (χ2n) is 7.20. The van der Waals surface area contributed by atoms with Gasteiger partial charge in [0.2, 0.25) is 0 Å². The Hall–Kier alpha value is -2.96. The van der Waals surface area contributed by atoms with Gasteiger partial charge in [-0.1, -0.05) is 6.92 Å². The number of furan rings is 1. The number of carbonyl (C=O) groups is 1. The van der Waals surface area contributed by atoms with Crippen LogP contribution in [0.15, 0.2) is 47.3 Å². The minimum absolute atomic E-state index is 0.0433. The minimum atomic E-state index is -0.0433. The quantitative estimate of drug-likeness (QED) is 0.742. The molecule has 2 amide bonds. The molecule has 4 rings (SSSR count). The topological polar surface area (TPSA) is 77.4 Å². The molecule has 2 N–H and O–H groups in total. The van der Waals surface area contributed by atoms with E-state index < -0.39 is 0 Å². The Morgan fingerprint density at radius 2 is 2.33 bits per heavy atom. The van der Waals surface area contributed by atoms with E-state index in [1.807, 2.05) is 35.5 Å². The van der Waals surface area contributed by atoms with E-state index in [-0.39, 0.29) is 12.1 Å². The first-order chi connectivity index (χ1) is 13.1. The number of hydrogen-bond donors (Lipinski definition) is 2. The summed E-state index contributed by atoms with van der Waals surface area (Å²) in [5.41, 5.74) is 2.02. The number of likely N-dealkylation sites (N-methyl/N-ethyl adjacent to an activating group) is 1. The molecule has 3 aromatic heterocycles. The molecule has 0 aromatic carbocycles. The number of pyridine rings is 1. The van der Waals surface area contributed by atoms with Crippen molar-refractivity contribution in [3.63, 3.8) is 0 Å². The maximum atomic E-state index is 12.6. The average molecular weight is 367 g/mol. The number of fused-ring (bicyclic) bond motifs is 1. The summed E-state index contributed by atoms with van der Waals surface area (Å²) in [5.74, 6) is 1.25. The molecule has 0 radical (unpaired) electrons. The van der Waals surface area contributed by atoms with Crippen LogP contribution in [0.4, 0.5) is 10.5 Å². The van der Waals surface area contributed by atoms with E-state index in [1.165, 1.54) is 0 Å². The van der Waals surface area contributed by atoms with Gasteiger partial charge >= 0.3 is 6.03 Å². The Bertz CT molecular complexity index is 904. The molecule has 1 aliphatic heterocycles. The van der Waals surface area contributed by atoms with Gasteiger partial charge in [0.05, 0.1) is 12.8 Å². The summed E-state index contributed by atoms with van der Waals surface area (Å²) in [6, 6.07) is 7.98. The second-order valence-corrected chi connectivity index (χ2v) is 7.20. The van der Waals surface area contributed by atoms with Gasteiger partial charge < -0.3 is 24.5 Å². The van der Waals surface area contributed by atoms with E-state index in [9.17, 15) is 4.79 Å². The Balaban J connectivity index is 1.47. The van der Waals surface area contributed by atoms with Crippen molar-refractivity contribution in [3.05, 3.63) is 48.7 Å². The van der Waals surface area contributed by atoms with Crippen molar-refractivity contribution in [3.8, 4) is 0 Å². The molecule has 7 heteroatoms. The van der Waals surface area contributed by atoms with Crippen molar-refractivity contribution in [2.45, 2.75) is 25.9 Å². The van der Waals surface area contributed by atoms with Gasteiger partial charge in [-0.2, -0.15) is 0 Å². The SMILES string of the molecule is CC1CCN(C(=O)NCc2ccco2)CC1N(C)c1ccnc2[nH]ccc12. The number of aromatic amines is 1. The number of nitrogens with zero attached hydrogens (tertiary/aromatic N) is 3. The monoisotopic (exact) mass is 367 g/mol. The van der Waals surface area contributed by atoms with E-state index in [4.69, 9.17) is 4.42 Å². The van der Waals surface area contributed by atoms with Gasteiger partial charge in [0, 0.05) is 49.6 Å². The van der Waals surface area contributed by atoms with Crippen LogP contribution in [-0.4, -0.2) is 47.1 Å². The fourth-order valence-corrected chi connectivity index (χ4v) is 3.86. The van der Waals surface area contributed by atoms with Gasteiger partial charge in [0.15, 0.2) is 0 Å². The summed E-state index contributed by atoms with van der Waals surface area (Å²) < 4.78 is 5.29. The minimum Gasteiger partial charge on any atom is -0.467 e. The highest BCUT2D eigenvalue weighted by Gasteiger charge is 2.32. The molecule has 2 unspecified atom stereocenters. The molecule has 0 spiro atoms. The highest BCUT2D eigenvalue weighted by atomic mass is 16.3. The van der Waals surface area contributed by atoms with Crippen molar-refractivity contribution < 1.29 is 9.21 Å². The first-order valence-electron chi connectivity index (χ1n) is 9.33. The second kappa shape index (κ2) is 7.34. The Morgan fingerprint density at radius 3 is 3.15 bits per heavy atom. The molecule has 1 saturated heterocycles. The van der Waals surface area contributed by atoms with Crippen molar-refractivity contribution >= 4 is 22.8 Å². The lowest BCUT2D eigenvalue weighted by molar-refractivity contribution is 0.160. The molecular weight excluding hydrogens is 342 g/mol. The lowest BCUT2D eigenvalue weighted by Crippen LogP contribution is -2.54. The molecule has 2 atom stereocenters. The van der Waals surface area contributed by atoms with Crippen molar-refractivity contribution in [2.75, 3.05) is 25.0 Å². The van der Waals surface area contributed by atoms with Gasteiger partial charge in [0.1, 0.15) is 11.4 Å². The van der Waals surface area contributed by atoms with Crippen LogP contribution in [0, 0.1) is 5.92 Å². The molecule has 1 fully saturated rings. The molecule has 0 saturated carbocycles. The molecule has 4 heterocycles. The number of piperidine rings is 1. The van der Waals surface area contributed by atoms with Gasteiger partial charge in [-0.15, -0.1) is 0 Å². The van der Waals surface area contributed by atoms with Crippen LogP contribution in [0.25, 0.3) is 11.0 Å². The third kappa shape index (κ3) is 3.49. The number of likely N-dealkylation sites (tertiary alicyclic amines) is 1. The number of urea groups is 1. The predicted molar refractivity (Wildman–Crippen MR) is 105 cm³/mol. The normalized spacial score (nSPS) is 20.0. The molecule has 0 aliphatic carbocycles. The summed E-state index contributed by atoms with van der Waals surface area (Å²) >= 11 is 0. The van der Waals surface area contributed by atoms with Crippen LogP contribution in [0.5, 0.6) is 0 Å². The van der Waals surface area contributed by atoms with Crippen LogP contribution in [0.2, 0.25) is 0 Å². The van der Waals surface area contributed by atoms with Crippen molar-refractivity contribution in [2.24, 2.45) is 5.92 Å². The van der Waals surface area contributed by atoms with Crippen molar-refractivity contribution in [1.29, 1.82) is 0 Å². The summed E-state index contributed by atoms with van der Waals surface area (Å²) in [7, 11) is 2.10. The number of hydrogen-bond acceptors (Lipinski definition) is 4. The third-order valence-electron chi connectivity index (χ3n) is 5.51. The number of carbonyl (C=O) groups excluding carboxylic acids is 1. The van der Waals surface area contributed by atoms with Crippen LogP contribution >= 0.6 is 0 Å². The number of anilines is 1. The summed E-state index contributed by atoms with van der Waals surface area (Å²) in [6.07, 6.45) is 6.33. The first-order valence-corrected chi connectivity index (χ1v) is 9.33. The largest absolute Gasteiger partial charge is 0.467 e. The highest BCUT2D eigenvalue weighted by molar-refractivity contribution is 5.89. The van der Waals surface area contributed by atoms with E-state index in [2.05, 4.69) is 40.2 Å².